The number of aromatic nitrogens is 6. The molecule has 0 atom stereocenters. The Morgan fingerprint density at radius 2 is 1.72 bits per heavy atom. The fraction of sp³-hybridized carbons (Fsp3) is 0.444. The molecule has 10 nitrogen and oxygen atoms in total. The fourth-order valence-electron chi connectivity index (χ4n) is 9.02. The van der Waals surface area contributed by atoms with Crippen molar-refractivity contribution < 1.29 is 9.90 Å². The van der Waals surface area contributed by atoms with Crippen molar-refractivity contribution in [3.8, 4) is 11.1 Å². The van der Waals surface area contributed by atoms with Crippen molar-refractivity contribution in [2.45, 2.75) is 78.8 Å². The highest BCUT2D eigenvalue weighted by molar-refractivity contribution is 7.22. The van der Waals surface area contributed by atoms with E-state index in [1.807, 2.05) is 74.3 Å². The SMILES string of the molecule is Cc1cc(N(c2ccc(-c3cnn(CC45CC6CC(CC(C6)C4)C5)c3C)c(C(=O)O)n2)C(C)C)nnc1Nc1nc2ccccc2s1. The molecule has 2 N–H and O–H groups in total. The summed E-state index contributed by atoms with van der Waals surface area (Å²) >= 11 is 1.56. The second kappa shape index (κ2) is 11.4. The molecule has 1 aromatic carbocycles. The molecule has 4 heterocycles. The molecular weight excluding hydrogens is 609 g/mol. The first-order valence-electron chi connectivity index (χ1n) is 16.7. The molecule has 11 heteroatoms. The molecule has 4 fully saturated rings. The molecule has 4 aliphatic carbocycles. The molecule has 0 unspecified atom stereocenters. The number of thiazole rings is 1. The lowest BCUT2D eigenvalue weighted by Crippen LogP contribution is -2.48. The van der Waals surface area contributed by atoms with E-state index in [9.17, 15) is 9.90 Å². The molecule has 0 saturated heterocycles. The lowest BCUT2D eigenvalue weighted by molar-refractivity contribution is -0.0638. The van der Waals surface area contributed by atoms with E-state index in [2.05, 4.69) is 32.1 Å². The Kier molecular flexibility index (Phi) is 7.27. The van der Waals surface area contributed by atoms with E-state index in [1.165, 1.54) is 38.5 Å². The van der Waals surface area contributed by atoms with E-state index in [0.717, 1.165) is 56.5 Å². The second-order valence-corrected chi connectivity index (χ2v) is 15.4. The van der Waals surface area contributed by atoms with E-state index in [1.54, 1.807) is 11.3 Å². The molecular formula is C36H40N8O2S. The zero-order chi connectivity index (χ0) is 32.4. The number of anilines is 4. The predicted octanol–water partition coefficient (Wildman–Crippen LogP) is 8.17. The average Bonchev–Trinajstić information content (AvgIpc) is 3.59. The van der Waals surface area contributed by atoms with Crippen molar-refractivity contribution in [2.75, 3.05) is 10.2 Å². The third kappa shape index (κ3) is 5.44. The molecule has 0 radical (unpaired) electrons. The van der Waals surface area contributed by atoms with Gasteiger partial charge in [-0.05, 0) is 125 Å². The largest absolute Gasteiger partial charge is 0.476 e. The molecule has 0 amide bonds. The molecule has 0 spiro atoms. The van der Waals surface area contributed by atoms with Crippen molar-refractivity contribution >= 4 is 50.1 Å². The Hall–Kier alpha value is -4.38. The van der Waals surface area contributed by atoms with Gasteiger partial charge in [0, 0.05) is 29.4 Å². The Bertz CT molecular complexity index is 1930. The minimum absolute atomic E-state index is 0.00408. The van der Waals surface area contributed by atoms with Crippen molar-refractivity contribution in [2.24, 2.45) is 23.2 Å². The summed E-state index contributed by atoms with van der Waals surface area (Å²) in [6.07, 6.45) is 9.96. The highest BCUT2D eigenvalue weighted by atomic mass is 32.1. The second-order valence-electron chi connectivity index (χ2n) is 14.4. The van der Waals surface area contributed by atoms with Gasteiger partial charge in [-0.3, -0.25) is 4.68 Å². The lowest BCUT2D eigenvalue weighted by atomic mass is 9.49. The first-order chi connectivity index (χ1) is 22.6. The van der Waals surface area contributed by atoms with Gasteiger partial charge in [0.05, 0.1) is 16.4 Å². The highest BCUT2D eigenvalue weighted by Crippen LogP contribution is 2.60. The number of hydrogen-bond donors (Lipinski definition) is 2. The van der Waals surface area contributed by atoms with Crippen LogP contribution in [0.3, 0.4) is 0 Å². The smallest absolute Gasteiger partial charge is 0.355 e. The number of hydrogen-bond acceptors (Lipinski definition) is 9. The van der Waals surface area contributed by atoms with Crippen molar-refractivity contribution in [1.29, 1.82) is 0 Å². The van der Waals surface area contributed by atoms with Crippen LogP contribution in [-0.2, 0) is 6.54 Å². The zero-order valence-electron chi connectivity index (χ0n) is 27.3. The molecule has 5 aromatic rings. The minimum atomic E-state index is -1.07. The minimum Gasteiger partial charge on any atom is -0.476 e. The van der Waals surface area contributed by atoms with Gasteiger partial charge in [0.15, 0.2) is 22.5 Å². The van der Waals surface area contributed by atoms with E-state index < -0.39 is 5.97 Å². The van der Waals surface area contributed by atoms with Gasteiger partial charge in [-0.15, -0.1) is 10.2 Å². The summed E-state index contributed by atoms with van der Waals surface area (Å²) in [5, 5.41) is 28.3. The summed E-state index contributed by atoms with van der Waals surface area (Å²) in [7, 11) is 0. The average molecular weight is 649 g/mol. The maximum absolute atomic E-state index is 12.7. The van der Waals surface area contributed by atoms with Gasteiger partial charge in [0.1, 0.15) is 5.82 Å². The number of carbonyl (C=O) groups is 1. The van der Waals surface area contributed by atoms with Crippen LogP contribution in [-0.4, -0.2) is 47.1 Å². The number of aromatic carboxylic acids is 1. The van der Waals surface area contributed by atoms with E-state index in [-0.39, 0.29) is 11.7 Å². The van der Waals surface area contributed by atoms with Crippen molar-refractivity contribution in [1.82, 2.24) is 29.9 Å². The van der Waals surface area contributed by atoms with E-state index >= 15 is 0 Å². The van der Waals surface area contributed by atoms with Gasteiger partial charge in [-0.1, -0.05) is 23.5 Å². The van der Waals surface area contributed by atoms with Crippen LogP contribution in [0.15, 0.2) is 48.7 Å². The topological polar surface area (TPSA) is 122 Å². The van der Waals surface area contributed by atoms with Crippen LogP contribution in [0.5, 0.6) is 0 Å². The summed E-state index contributed by atoms with van der Waals surface area (Å²) in [5.41, 5.74) is 4.55. The summed E-state index contributed by atoms with van der Waals surface area (Å²) in [6.45, 7) is 9.00. The molecule has 242 valence electrons. The first kappa shape index (κ1) is 30.0. The first-order valence-corrected chi connectivity index (χ1v) is 17.5. The van der Waals surface area contributed by atoms with Crippen LogP contribution < -0.4 is 10.2 Å². The molecule has 9 rings (SSSR count). The Balaban J connectivity index is 1.07. The Morgan fingerprint density at radius 1 is 1.00 bits per heavy atom. The third-order valence-electron chi connectivity index (χ3n) is 10.6. The van der Waals surface area contributed by atoms with Gasteiger partial charge in [0.25, 0.3) is 0 Å². The monoisotopic (exact) mass is 648 g/mol. The maximum Gasteiger partial charge on any atom is 0.355 e. The molecule has 4 saturated carbocycles. The number of rotatable bonds is 9. The van der Waals surface area contributed by atoms with Gasteiger partial charge in [-0.2, -0.15) is 5.10 Å². The van der Waals surface area contributed by atoms with Crippen LogP contribution in [0.4, 0.5) is 22.6 Å². The number of fused-ring (bicyclic) bond motifs is 1. The van der Waals surface area contributed by atoms with Gasteiger partial charge < -0.3 is 15.3 Å². The third-order valence-corrected chi connectivity index (χ3v) is 11.6. The Morgan fingerprint density at radius 3 is 2.38 bits per heavy atom. The Labute approximate surface area is 278 Å². The molecule has 0 aliphatic heterocycles. The number of nitrogens with zero attached hydrogens (tertiary/aromatic N) is 7. The van der Waals surface area contributed by atoms with Gasteiger partial charge in [-0.25, -0.2) is 14.8 Å². The lowest BCUT2D eigenvalue weighted by Gasteiger charge is -2.56. The van der Waals surface area contributed by atoms with Crippen molar-refractivity contribution in [3.05, 3.63) is 65.6 Å². The highest BCUT2D eigenvalue weighted by Gasteiger charge is 2.51. The molecule has 4 aromatic heterocycles. The normalized spacial score (nSPS) is 23.1. The number of nitrogens with one attached hydrogen (secondary N) is 1. The number of carboxylic acids is 1. The van der Waals surface area contributed by atoms with Gasteiger partial charge in [0.2, 0.25) is 0 Å². The van der Waals surface area contributed by atoms with E-state index in [0.29, 0.717) is 28.4 Å². The van der Waals surface area contributed by atoms with Crippen molar-refractivity contribution in [3.63, 3.8) is 0 Å². The fourth-order valence-corrected chi connectivity index (χ4v) is 9.89. The van der Waals surface area contributed by atoms with E-state index in [4.69, 9.17) is 10.1 Å². The van der Waals surface area contributed by atoms with Crippen LogP contribution in [0.2, 0.25) is 0 Å². The summed E-state index contributed by atoms with van der Waals surface area (Å²) in [6, 6.07) is 13.6. The zero-order valence-corrected chi connectivity index (χ0v) is 28.1. The standard InChI is InChI=1S/C36H40N8O2S/c1-20(2)44(31-11-21(3)33(42-41-31)40-35-38-28-7-5-6-8-29(28)47-35)30-10-9-26(32(39-30)34(45)46)27-18-37-43(22(27)4)19-36-15-23-12-24(16-36)14-25(13-23)17-36/h5-11,18,20,23-25H,12-17,19H2,1-4H3,(H,45,46)(H,38,40,42). The predicted molar refractivity (Wildman–Crippen MR) is 185 cm³/mol. The van der Waals surface area contributed by atoms with Crippen LogP contribution in [0.1, 0.15) is 74.1 Å². The van der Waals surface area contributed by atoms with Crippen LogP contribution in [0.25, 0.3) is 21.3 Å². The number of aryl methyl sites for hydroxylation is 1. The summed E-state index contributed by atoms with van der Waals surface area (Å²) in [4.78, 5) is 24.0. The summed E-state index contributed by atoms with van der Waals surface area (Å²) < 4.78 is 3.22. The summed E-state index contributed by atoms with van der Waals surface area (Å²) in [5.74, 6) is 3.24. The quantitative estimate of drug-likeness (QED) is 0.163. The van der Waals surface area contributed by atoms with Crippen LogP contribution >= 0.6 is 11.3 Å². The molecule has 4 bridgehead atoms. The van der Waals surface area contributed by atoms with Crippen LogP contribution in [0, 0.1) is 37.0 Å². The number of para-hydroxylation sites is 1. The van der Waals surface area contributed by atoms with Gasteiger partial charge >= 0.3 is 5.97 Å². The maximum atomic E-state index is 12.7. The number of pyridine rings is 1. The molecule has 4 aliphatic rings. The number of benzene rings is 1. The molecule has 47 heavy (non-hydrogen) atoms. The number of carboxylic acid groups (broad SMARTS) is 1.